The van der Waals surface area contributed by atoms with E-state index in [2.05, 4.69) is 15.6 Å². The minimum absolute atomic E-state index is 0.000969. The fraction of sp³-hybridized carbons (Fsp3) is 0.333. The maximum atomic E-state index is 11.8. The van der Waals surface area contributed by atoms with Gasteiger partial charge in [0.05, 0.1) is 5.52 Å². The SMILES string of the molecule is CCNC(=O)C(C)Nc1cc(C)nc2ccccc12. The van der Waals surface area contributed by atoms with Crippen LogP contribution in [0.3, 0.4) is 0 Å². The van der Waals surface area contributed by atoms with Gasteiger partial charge in [0.1, 0.15) is 6.04 Å². The van der Waals surface area contributed by atoms with Gasteiger partial charge in [0, 0.05) is 23.3 Å². The molecule has 2 rings (SSSR count). The second kappa shape index (κ2) is 5.69. The van der Waals surface area contributed by atoms with Crippen molar-refractivity contribution in [3.63, 3.8) is 0 Å². The number of hydrogen-bond donors (Lipinski definition) is 2. The first-order valence-electron chi connectivity index (χ1n) is 6.52. The van der Waals surface area contributed by atoms with Gasteiger partial charge in [0.2, 0.25) is 5.91 Å². The summed E-state index contributed by atoms with van der Waals surface area (Å²) in [4.78, 5) is 16.3. The highest BCUT2D eigenvalue weighted by Gasteiger charge is 2.13. The average molecular weight is 257 g/mol. The number of aryl methyl sites for hydroxylation is 1. The van der Waals surface area contributed by atoms with Crippen LogP contribution in [0.2, 0.25) is 0 Å². The zero-order valence-electron chi connectivity index (χ0n) is 11.5. The van der Waals surface area contributed by atoms with E-state index in [1.165, 1.54) is 0 Å². The van der Waals surface area contributed by atoms with Gasteiger partial charge in [-0.05, 0) is 32.9 Å². The summed E-state index contributed by atoms with van der Waals surface area (Å²) in [5.41, 5.74) is 2.82. The van der Waals surface area contributed by atoms with E-state index in [0.29, 0.717) is 6.54 Å². The van der Waals surface area contributed by atoms with Crippen molar-refractivity contribution in [1.29, 1.82) is 0 Å². The maximum absolute atomic E-state index is 11.8. The smallest absolute Gasteiger partial charge is 0.242 e. The Balaban J connectivity index is 2.32. The molecule has 0 saturated carbocycles. The van der Waals surface area contributed by atoms with Crippen LogP contribution in [-0.2, 0) is 4.79 Å². The molecule has 0 fully saturated rings. The number of rotatable bonds is 4. The second-order valence-corrected chi connectivity index (χ2v) is 4.59. The van der Waals surface area contributed by atoms with Crippen LogP contribution in [0.25, 0.3) is 10.9 Å². The summed E-state index contributed by atoms with van der Waals surface area (Å²) >= 11 is 0. The Morgan fingerprint density at radius 1 is 1.37 bits per heavy atom. The molecular weight excluding hydrogens is 238 g/mol. The molecule has 4 heteroatoms. The second-order valence-electron chi connectivity index (χ2n) is 4.59. The summed E-state index contributed by atoms with van der Waals surface area (Å²) in [5.74, 6) is 0.000969. The number of aromatic nitrogens is 1. The first kappa shape index (κ1) is 13.3. The molecule has 1 amide bonds. The number of carbonyl (C=O) groups excluding carboxylic acids is 1. The van der Waals surface area contributed by atoms with Gasteiger partial charge in [-0.25, -0.2) is 0 Å². The fourth-order valence-electron chi connectivity index (χ4n) is 2.05. The van der Waals surface area contributed by atoms with Crippen LogP contribution in [0, 0.1) is 6.92 Å². The zero-order valence-corrected chi connectivity index (χ0v) is 11.5. The lowest BCUT2D eigenvalue weighted by atomic mass is 10.1. The third-order valence-corrected chi connectivity index (χ3v) is 2.96. The van der Waals surface area contributed by atoms with Gasteiger partial charge in [-0.15, -0.1) is 0 Å². The maximum Gasteiger partial charge on any atom is 0.242 e. The van der Waals surface area contributed by atoms with Crippen molar-refractivity contribution in [2.45, 2.75) is 26.8 Å². The molecular formula is C15H19N3O. The molecule has 4 nitrogen and oxygen atoms in total. The normalized spacial score (nSPS) is 12.2. The summed E-state index contributed by atoms with van der Waals surface area (Å²) in [5, 5.41) is 7.10. The summed E-state index contributed by atoms with van der Waals surface area (Å²) < 4.78 is 0. The van der Waals surface area contributed by atoms with E-state index < -0.39 is 0 Å². The Kier molecular flexibility index (Phi) is 4.00. The molecule has 0 spiro atoms. The molecule has 0 aliphatic rings. The highest BCUT2D eigenvalue weighted by Crippen LogP contribution is 2.23. The Morgan fingerprint density at radius 2 is 2.11 bits per heavy atom. The molecule has 0 aliphatic heterocycles. The van der Waals surface area contributed by atoms with Crippen LogP contribution >= 0.6 is 0 Å². The third-order valence-electron chi connectivity index (χ3n) is 2.96. The van der Waals surface area contributed by atoms with Crippen LogP contribution < -0.4 is 10.6 Å². The van der Waals surface area contributed by atoms with E-state index in [1.54, 1.807) is 0 Å². The topological polar surface area (TPSA) is 54.0 Å². The summed E-state index contributed by atoms with van der Waals surface area (Å²) in [7, 11) is 0. The molecule has 2 N–H and O–H groups in total. The van der Waals surface area contributed by atoms with Crippen molar-refractivity contribution >= 4 is 22.5 Å². The number of anilines is 1. The monoisotopic (exact) mass is 257 g/mol. The van der Waals surface area contributed by atoms with E-state index in [4.69, 9.17) is 0 Å². The fourth-order valence-corrected chi connectivity index (χ4v) is 2.05. The molecule has 2 aromatic rings. The summed E-state index contributed by atoms with van der Waals surface area (Å²) in [6.07, 6.45) is 0. The number of carbonyl (C=O) groups is 1. The van der Waals surface area contributed by atoms with Crippen LogP contribution in [0.5, 0.6) is 0 Å². The van der Waals surface area contributed by atoms with Gasteiger partial charge >= 0.3 is 0 Å². The molecule has 1 atom stereocenters. The number of nitrogens with one attached hydrogen (secondary N) is 2. The number of amides is 1. The first-order valence-corrected chi connectivity index (χ1v) is 6.52. The number of fused-ring (bicyclic) bond motifs is 1. The zero-order chi connectivity index (χ0) is 13.8. The number of nitrogens with zero attached hydrogens (tertiary/aromatic N) is 1. The van der Waals surface area contributed by atoms with Crippen molar-refractivity contribution in [2.75, 3.05) is 11.9 Å². The van der Waals surface area contributed by atoms with E-state index in [-0.39, 0.29) is 11.9 Å². The van der Waals surface area contributed by atoms with Crippen LogP contribution in [0.4, 0.5) is 5.69 Å². The standard InChI is InChI=1S/C15H19N3O/c1-4-16-15(19)11(3)18-14-9-10(2)17-13-8-6-5-7-12(13)14/h5-9,11H,4H2,1-3H3,(H,16,19)(H,17,18). The molecule has 1 heterocycles. The van der Waals surface area contributed by atoms with E-state index in [1.807, 2.05) is 51.1 Å². The van der Waals surface area contributed by atoms with Crippen molar-refractivity contribution in [2.24, 2.45) is 0 Å². The van der Waals surface area contributed by atoms with Crippen molar-refractivity contribution in [3.8, 4) is 0 Å². The average Bonchev–Trinajstić information content (AvgIpc) is 2.38. The molecule has 0 radical (unpaired) electrons. The minimum atomic E-state index is -0.273. The number of likely N-dealkylation sites (N-methyl/N-ethyl adjacent to an activating group) is 1. The molecule has 100 valence electrons. The lowest BCUT2D eigenvalue weighted by Gasteiger charge is -2.16. The molecule has 1 aromatic carbocycles. The van der Waals surface area contributed by atoms with E-state index in [9.17, 15) is 4.79 Å². The Labute approximate surface area is 113 Å². The Hall–Kier alpha value is -2.10. The first-order chi connectivity index (χ1) is 9.11. The van der Waals surface area contributed by atoms with Crippen LogP contribution in [0.1, 0.15) is 19.5 Å². The number of hydrogen-bond acceptors (Lipinski definition) is 3. The van der Waals surface area contributed by atoms with Gasteiger partial charge in [-0.1, -0.05) is 18.2 Å². The van der Waals surface area contributed by atoms with E-state index in [0.717, 1.165) is 22.3 Å². The molecule has 0 bridgehead atoms. The lowest BCUT2D eigenvalue weighted by molar-refractivity contribution is -0.121. The molecule has 19 heavy (non-hydrogen) atoms. The Morgan fingerprint density at radius 3 is 2.84 bits per heavy atom. The van der Waals surface area contributed by atoms with Gasteiger partial charge in [0.25, 0.3) is 0 Å². The molecule has 0 saturated heterocycles. The highest BCUT2D eigenvalue weighted by atomic mass is 16.2. The van der Waals surface area contributed by atoms with Crippen LogP contribution in [0.15, 0.2) is 30.3 Å². The highest BCUT2D eigenvalue weighted by molar-refractivity contribution is 5.94. The molecule has 1 unspecified atom stereocenters. The predicted octanol–water partition coefficient (Wildman–Crippen LogP) is 2.48. The lowest BCUT2D eigenvalue weighted by Crippen LogP contribution is -2.37. The predicted molar refractivity (Wildman–Crippen MR) is 78.2 cm³/mol. The van der Waals surface area contributed by atoms with Gasteiger partial charge < -0.3 is 10.6 Å². The minimum Gasteiger partial charge on any atom is -0.373 e. The number of para-hydroxylation sites is 1. The van der Waals surface area contributed by atoms with Gasteiger partial charge in [-0.3, -0.25) is 9.78 Å². The third kappa shape index (κ3) is 3.02. The van der Waals surface area contributed by atoms with Gasteiger partial charge in [0.15, 0.2) is 0 Å². The molecule has 1 aromatic heterocycles. The van der Waals surface area contributed by atoms with Crippen molar-refractivity contribution in [3.05, 3.63) is 36.0 Å². The number of pyridine rings is 1. The van der Waals surface area contributed by atoms with Crippen molar-refractivity contribution < 1.29 is 4.79 Å². The number of benzene rings is 1. The summed E-state index contributed by atoms with van der Waals surface area (Å²) in [6.45, 7) is 6.36. The Bertz CT molecular complexity index is 595. The van der Waals surface area contributed by atoms with Crippen LogP contribution in [-0.4, -0.2) is 23.5 Å². The van der Waals surface area contributed by atoms with E-state index >= 15 is 0 Å². The van der Waals surface area contributed by atoms with Crippen molar-refractivity contribution in [1.82, 2.24) is 10.3 Å². The van der Waals surface area contributed by atoms with Gasteiger partial charge in [-0.2, -0.15) is 0 Å². The summed E-state index contributed by atoms with van der Waals surface area (Å²) in [6, 6.07) is 9.62. The molecule has 0 aliphatic carbocycles. The quantitative estimate of drug-likeness (QED) is 0.884. The largest absolute Gasteiger partial charge is 0.373 e.